The minimum Gasteiger partial charge on any atom is -0.493 e. The summed E-state index contributed by atoms with van der Waals surface area (Å²) >= 11 is 0. The van der Waals surface area contributed by atoms with Crippen molar-refractivity contribution in [2.75, 3.05) is 38.9 Å². The molecule has 0 aliphatic heterocycles. The molecule has 0 amide bonds. The molecule has 34 heavy (non-hydrogen) atoms. The predicted octanol–water partition coefficient (Wildman–Crippen LogP) is 4.41. The van der Waals surface area contributed by atoms with E-state index in [1.807, 2.05) is 0 Å². The number of rotatable bonds is 9. The highest BCUT2D eigenvalue weighted by molar-refractivity contribution is 7.92. The number of benzene rings is 3. The van der Waals surface area contributed by atoms with Crippen LogP contribution in [0.1, 0.15) is 11.1 Å². The molecule has 3 aromatic rings. The average molecular weight is 489 g/mol. The molecule has 0 aliphatic carbocycles. The van der Waals surface area contributed by atoms with Gasteiger partial charge in [-0.25, -0.2) is 12.8 Å². The van der Waals surface area contributed by atoms with Crippen molar-refractivity contribution in [3.05, 3.63) is 65.5 Å². The van der Waals surface area contributed by atoms with Crippen molar-refractivity contribution in [3.8, 4) is 23.0 Å². The number of methoxy groups -OCH3 is 4. The minimum absolute atomic E-state index is 0.0347. The summed E-state index contributed by atoms with van der Waals surface area (Å²) in [4.78, 5) is -0.0347. The fourth-order valence-corrected chi connectivity index (χ4v) is 4.33. The molecular weight excluding hydrogens is 463 g/mol. The summed E-state index contributed by atoms with van der Waals surface area (Å²) < 4.78 is 64.0. The molecule has 0 saturated carbocycles. The summed E-state index contributed by atoms with van der Waals surface area (Å²) in [5.74, 6) is 0.362. The first-order valence-electron chi connectivity index (χ1n) is 9.97. The Hall–Kier alpha value is -3.92. The normalized spacial score (nSPS) is 11.3. The summed E-state index contributed by atoms with van der Waals surface area (Å²) in [5, 5.41) is 0. The number of halogens is 1. The molecular formula is C24H25FN2O6S. The van der Waals surface area contributed by atoms with Crippen LogP contribution in [-0.2, 0) is 10.0 Å². The monoisotopic (exact) mass is 488 g/mol. The summed E-state index contributed by atoms with van der Waals surface area (Å²) in [6.45, 7) is 0. The second-order valence-corrected chi connectivity index (χ2v) is 8.69. The summed E-state index contributed by atoms with van der Waals surface area (Å²) in [5.41, 5.74) is 7.05. The first-order chi connectivity index (χ1) is 16.2. The lowest BCUT2D eigenvalue weighted by Crippen LogP contribution is -2.15. The van der Waals surface area contributed by atoms with Crippen LogP contribution < -0.4 is 29.4 Å². The van der Waals surface area contributed by atoms with Gasteiger partial charge in [0.25, 0.3) is 10.0 Å². The van der Waals surface area contributed by atoms with Gasteiger partial charge in [0.2, 0.25) is 5.75 Å². The van der Waals surface area contributed by atoms with Gasteiger partial charge in [0.1, 0.15) is 5.69 Å². The maximum absolute atomic E-state index is 14.5. The zero-order chi connectivity index (χ0) is 24.9. The Morgan fingerprint density at radius 2 is 1.41 bits per heavy atom. The number of nitrogens with two attached hydrogens (primary N) is 1. The van der Waals surface area contributed by atoms with Crippen molar-refractivity contribution in [2.45, 2.75) is 4.90 Å². The van der Waals surface area contributed by atoms with Crippen LogP contribution in [0.4, 0.5) is 15.8 Å². The minimum atomic E-state index is -4.06. The molecule has 0 spiro atoms. The van der Waals surface area contributed by atoms with E-state index in [-0.39, 0.29) is 16.3 Å². The Labute approximate surface area is 197 Å². The SMILES string of the molecule is COc1cc(/C=C\c2ccc(F)c(OC)c2NS(=O)(=O)c2ccc(N)cc2)cc(OC)c1OC. The van der Waals surface area contributed by atoms with Gasteiger partial charge in [0.15, 0.2) is 23.1 Å². The van der Waals surface area contributed by atoms with Gasteiger partial charge in [-0.05, 0) is 54.1 Å². The van der Waals surface area contributed by atoms with Gasteiger partial charge < -0.3 is 24.7 Å². The Bertz CT molecular complexity index is 1280. The van der Waals surface area contributed by atoms with Gasteiger partial charge in [-0.2, -0.15) is 0 Å². The fraction of sp³-hybridized carbons (Fsp3) is 0.167. The summed E-state index contributed by atoms with van der Waals surface area (Å²) in [6.07, 6.45) is 3.31. The van der Waals surface area contributed by atoms with E-state index in [1.165, 1.54) is 64.8 Å². The summed E-state index contributed by atoms with van der Waals surface area (Å²) in [7, 11) is 1.70. The first kappa shape index (κ1) is 24.7. The van der Waals surface area contributed by atoms with Gasteiger partial charge >= 0.3 is 0 Å². The average Bonchev–Trinajstić information content (AvgIpc) is 2.83. The van der Waals surface area contributed by atoms with E-state index in [0.717, 1.165) is 0 Å². The molecule has 180 valence electrons. The molecule has 0 bridgehead atoms. The highest BCUT2D eigenvalue weighted by Gasteiger charge is 2.21. The number of nitrogens with one attached hydrogen (secondary N) is 1. The van der Waals surface area contributed by atoms with Crippen LogP contribution in [0.2, 0.25) is 0 Å². The maximum Gasteiger partial charge on any atom is 0.262 e. The molecule has 8 nitrogen and oxygen atoms in total. The second kappa shape index (κ2) is 10.3. The van der Waals surface area contributed by atoms with E-state index in [0.29, 0.717) is 34.1 Å². The topological polar surface area (TPSA) is 109 Å². The molecule has 0 aromatic heterocycles. The number of hydrogen-bond acceptors (Lipinski definition) is 7. The van der Waals surface area contributed by atoms with Crippen LogP contribution in [-0.4, -0.2) is 36.9 Å². The Morgan fingerprint density at radius 1 is 0.824 bits per heavy atom. The molecule has 3 rings (SSSR count). The third kappa shape index (κ3) is 5.18. The molecule has 0 fully saturated rings. The third-order valence-corrected chi connectivity index (χ3v) is 6.28. The standard InChI is InChI=1S/C24H25FN2O6S/c1-30-20-13-15(14-21(31-2)24(20)33-4)5-6-16-7-12-19(25)23(32-3)22(16)27-34(28,29)18-10-8-17(26)9-11-18/h5-14,27H,26H2,1-4H3/b6-5-. The van der Waals surface area contributed by atoms with Crippen molar-refractivity contribution in [2.24, 2.45) is 0 Å². The van der Waals surface area contributed by atoms with Crippen LogP contribution >= 0.6 is 0 Å². The van der Waals surface area contributed by atoms with E-state index in [4.69, 9.17) is 24.7 Å². The van der Waals surface area contributed by atoms with Gasteiger partial charge in [-0.3, -0.25) is 4.72 Å². The number of ether oxygens (including phenoxy) is 4. The number of anilines is 2. The van der Waals surface area contributed by atoms with Crippen LogP contribution in [0.5, 0.6) is 23.0 Å². The lowest BCUT2D eigenvalue weighted by Gasteiger charge is -2.16. The van der Waals surface area contributed by atoms with Gasteiger partial charge in [-0.15, -0.1) is 0 Å². The van der Waals surface area contributed by atoms with Crippen molar-refractivity contribution in [1.29, 1.82) is 0 Å². The number of sulfonamides is 1. The lowest BCUT2D eigenvalue weighted by atomic mass is 10.1. The van der Waals surface area contributed by atoms with Crippen LogP contribution in [0.25, 0.3) is 12.2 Å². The molecule has 10 heteroatoms. The van der Waals surface area contributed by atoms with Crippen molar-refractivity contribution in [1.82, 2.24) is 0 Å². The van der Waals surface area contributed by atoms with E-state index >= 15 is 0 Å². The van der Waals surface area contributed by atoms with Gasteiger partial charge in [0, 0.05) is 11.3 Å². The quantitative estimate of drug-likeness (QED) is 0.339. The highest BCUT2D eigenvalue weighted by Crippen LogP contribution is 2.39. The molecule has 3 N–H and O–H groups in total. The second-order valence-electron chi connectivity index (χ2n) is 7.01. The Kier molecular flexibility index (Phi) is 7.52. The van der Waals surface area contributed by atoms with Crippen LogP contribution in [0.3, 0.4) is 0 Å². The van der Waals surface area contributed by atoms with Crippen LogP contribution in [0, 0.1) is 5.82 Å². The fourth-order valence-electron chi connectivity index (χ4n) is 3.24. The molecule has 3 aromatic carbocycles. The van der Waals surface area contributed by atoms with Gasteiger partial charge in [-0.1, -0.05) is 12.2 Å². The Morgan fingerprint density at radius 3 is 1.94 bits per heavy atom. The molecule has 0 heterocycles. The molecule has 0 atom stereocenters. The summed E-state index contributed by atoms with van der Waals surface area (Å²) in [6, 6.07) is 11.7. The first-order valence-corrected chi connectivity index (χ1v) is 11.4. The van der Waals surface area contributed by atoms with E-state index in [1.54, 1.807) is 24.3 Å². The number of hydrogen-bond donors (Lipinski definition) is 2. The zero-order valence-electron chi connectivity index (χ0n) is 19.1. The van der Waals surface area contributed by atoms with E-state index in [2.05, 4.69) is 4.72 Å². The maximum atomic E-state index is 14.5. The van der Waals surface area contributed by atoms with E-state index in [9.17, 15) is 12.8 Å². The molecule has 0 radical (unpaired) electrons. The Balaban J connectivity index is 2.07. The van der Waals surface area contributed by atoms with Crippen molar-refractivity contribution in [3.63, 3.8) is 0 Å². The van der Waals surface area contributed by atoms with Crippen molar-refractivity contribution < 1.29 is 31.8 Å². The van der Waals surface area contributed by atoms with Crippen molar-refractivity contribution >= 4 is 33.6 Å². The smallest absolute Gasteiger partial charge is 0.262 e. The van der Waals surface area contributed by atoms with E-state index < -0.39 is 15.8 Å². The molecule has 0 unspecified atom stereocenters. The predicted molar refractivity (Wildman–Crippen MR) is 130 cm³/mol. The highest BCUT2D eigenvalue weighted by atomic mass is 32.2. The number of nitrogen functional groups attached to an aromatic ring is 1. The largest absolute Gasteiger partial charge is 0.493 e. The molecule has 0 aliphatic rings. The van der Waals surface area contributed by atoms with Crippen LogP contribution in [0.15, 0.2) is 53.4 Å². The molecule has 0 saturated heterocycles. The zero-order valence-corrected chi connectivity index (χ0v) is 19.9. The van der Waals surface area contributed by atoms with Gasteiger partial charge in [0.05, 0.1) is 33.3 Å². The third-order valence-electron chi connectivity index (χ3n) is 4.92. The lowest BCUT2D eigenvalue weighted by molar-refractivity contribution is 0.324.